The van der Waals surface area contributed by atoms with Gasteiger partial charge >= 0.3 is 5.97 Å². The molecule has 1 heterocycles. The second kappa shape index (κ2) is 7.56. The summed E-state index contributed by atoms with van der Waals surface area (Å²) in [5.41, 5.74) is 4.52. The summed E-state index contributed by atoms with van der Waals surface area (Å²) in [6.07, 6.45) is 0. The van der Waals surface area contributed by atoms with Crippen molar-refractivity contribution < 1.29 is 14.6 Å². The molecule has 3 aromatic carbocycles. The van der Waals surface area contributed by atoms with Crippen LogP contribution in [-0.4, -0.2) is 20.6 Å². The van der Waals surface area contributed by atoms with E-state index in [-0.39, 0.29) is 6.54 Å². The summed E-state index contributed by atoms with van der Waals surface area (Å²) in [6.45, 7) is 2.24. The fourth-order valence-electron chi connectivity index (χ4n) is 3.31. The van der Waals surface area contributed by atoms with Gasteiger partial charge in [-0.3, -0.25) is 4.79 Å². The standard InChI is InChI=1S/C23H20N2O3/c1-16-7-6-9-18(13-16)28-15-17-8-2-3-10-19(17)23-24-20-11-4-5-12-21(20)25(23)14-22(26)27/h2-13H,14-15H2,1H3,(H,26,27). The van der Waals surface area contributed by atoms with Gasteiger partial charge in [0.2, 0.25) is 0 Å². The van der Waals surface area contributed by atoms with Gasteiger partial charge in [0.05, 0.1) is 11.0 Å². The zero-order chi connectivity index (χ0) is 19.5. The summed E-state index contributed by atoms with van der Waals surface area (Å²) >= 11 is 0. The zero-order valence-corrected chi connectivity index (χ0v) is 15.5. The zero-order valence-electron chi connectivity index (χ0n) is 15.5. The van der Waals surface area contributed by atoms with E-state index < -0.39 is 5.97 Å². The highest BCUT2D eigenvalue weighted by atomic mass is 16.5. The monoisotopic (exact) mass is 372 g/mol. The summed E-state index contributed by atoms with van der Waals surface area (Å²) in [4.78, 5) is 16.2. The molecule has 0 aliphatic heterocycles. The Morgan fingerprint density at radius 3 is 2.64 bits per heavy atom. The van der Waals surface area contributed by atoms with Gasteiger partial charge in [-0.25, -0.2) is 4.98 Å². The molecule has 140 valence electrons. The van der Waals surface area contributed by atoms with Crippen molar-refractivity contribution in [2.45, 2.75) is 20.1 Å². The molecule has 0 spiro atoms. The highest BCUT2D eigenvalue weighted by molar-refractivity contribution is 5.83. The van der Waals surface area contributed by atoms with Crippen molar-refractivity contribution in [2.75, 3.05) is 0 Å². The van der Waals surface area contributed by atoms with Crippen LogP contribution in [0.5, 0.6) is 5.75 Å². The molecule has 0 saturated heterocycles. The molecule has 0 atom stereocenters. The number of carboxylic acid groups (broad SMARTS) is 1. The van der Waals surface area contributed by atoms with E-state index >= 15 is 0 Å². The molecule has 0 saturated carbocycles. The quantitative estimate of drug-likeness (QED) is 0.534. The molecule has 1 aromatic heterocycles. The smallest absolute Gasteiger partial charge is 0.323 e. The number of fused-ring (bicyclic) bond motifs is 1. The Bertz CT molecular complexity index is 1150. The minimum Gasteiger partial charge on any atom is -0.489 e. The molecular weight excluding hydrogens is 352 g/mol. The highest BCUT2D eigenvalue weighted by Gasteiger charge is 2.17. The van der Waals surface area contributed by atoms with Gasteiger partial charge in [-0.15, -0.1) is 0 Å². The molecule has 5 heteroatoms. The lowest BCUT2D eigenvalue weighted by Gasteiger charge is -2.13. The Hall–Kier alpha value is -3.60. The lowest BCUT2D eigenvalue weighted by Crippen LogP contribution is -2.11. The molecule has 1 N–H and O–H groups in total. The molecule has 0 fully saturated rings. The molecule has 0 aliphatic rings. The van der Waals surface area contributed by atoms with E-state index in [1.54, 1.807) is 4.57 Å². The molecule has 0 bridgehead atoms. The first kappa shape index (κ1) is 17.8. The van der Waals surface area contributed by atoms with E-state index in [4.69, 9.17) is 9.72 Å². The van der Waals surface area contributed by atoms with Crippen LogP contribution in [0.15, 0.2) is 72.8 Å². The molecule has 0 aliphatic carbocycles. The number of nitrogens with zero attached hydrogens (tertiary/aromatic N) is 2. The number of aromatic nitrogens is 2. The third-order valence-corrected chi connectivity index (χ3v) is 4.59. The summed E-state index contributed by atoms with van der Waals surface area (Å²) in [6, 6.07) is 23.3. The Balaban J connectivity index is 1.75. The largest absolute Gasteiger partial charge is 0.489 e. The second-order valence-corrected chi connectivity index (χ2v) is 6.67. The average molecular weight is 372 g/mol. The van der Waals surface area contributed by atoms with Crippen molar-refractivity contribution in [1.29, 1.82) is 0 Å². The summed E-state index contributed by atoms with van der Waals surface area (Å²) in [5.74, 6) is 0.527. The van der Waals surface area contributed by atoms with E-state index in [1.807, 2.05) is 79.7 Å². The Morgan fingerprint density at radius 2 is 1.82 bits per heavy atom. The van der Waals surface area contributed by atoms with Crippen LogP contribution in [0.3, 0.4) is 0 Å². The fraction of sp³-hybridized carbons (Fsp3) is 0.130. The van der Waals surface area contributed by atoms with Gasteiger partial charge in [0, 0.05) is 11.1 Å². The Labute approximate surface area is 162 Å². The summed E-state index contributed by atoms with van der Waals surface area (Å²) in [5, 5.41) is 9.39. The Morgan fingerprint density at radius 1 is 1.04 bits per heavy atom. The third-order valence-electron chi connectivity index (χ3n) is 4.59. The van der Waals surface area contributed by atoms with Crippen LogP contribution in [0.4, 0.5) is 0 Å². The van der Waals surface area contributed by atoms with Crippen LogP contribution in [0.2, 0.25) is 0 Å². The maximum Gasteiger partial charge on any atom is 0.323 e. The fourth-order valence-corrected chi connectivity index (χ4v) is 3.31. The van der Waals surface area contributed by atoms with Gasteiger partial charge in [-0.1, -0.05) is 48.5 Å². The van der Waals surface area contributed by atoms with Crippen molar-refractivity contribution in [3.05, 3.63) is 83.9 Å². The predicted octanol–water partition coefficient (Wildman–Crippen LogP) is 4.68. The van der Waals surface area contributed by atoms with E-state index in [0.29, 0.717) is 12.4 Å². The number of carbonyl (C=O) groups is 1. The van der Waals surface area contributed by atoms with Crippen LogP contribution in [0.25, 0.3) is 22.4 Å². The number of aryl methyl sites for hydroxylation is 1. The minimum atomic E-state index is -0.905. The first-order valence-corrected chi connectivity index (χ1v) is 9.06. The minimum absolute atomic E-state index is 0.150. The van der Waals surface area contributed by atoms with Crippen LogP contribution < -0.4 is 4.74 Å². The van der Waals surface area contributed by atoms with Crippen molar-refractivity contribution in [1.82, 2.24) is 9.55 Å². The van der Waals surface area contributed by atoms with Gasteiger partial charge in [-0.2, -0.15) is 0 Å². The van der Waals surface area contributed by atoms with Crippen molar-refractivity contribution in [3.8, 4) is 17.1 Å². The Kier molecular flexibility index (Phi) is 4.81. The van der Waals surface area contributed by atoms with Crippen LogP contribution in [-0.2, 0) is 17.9 Å². The van der Waals surface area contributed by atoms with Gasteiger partial charge < -0.3 is 14.4 Å². The first-order chi connectivity index (χ1) is 13.6. The molecular formula is C23H20N2O3. The van der Waals surface area contributed by atoms with E-state index in [0.717, 1.165) is 33.5 Å². The van der Waals surface area contributed by atoms with E-state index in [1.165, 1.54) is 0 Å². The lowest BCUT2D eigenvalue weighted by molar-refractivity contribution is -0.137. The molecule has 4 rings (SSSR count). The first-order valence-electron chi connectivity index (χ1n) is 9.06. The summed E-state index contributed by atoms with van der Waals surface area (Å²) < 4.78 is 7.72. The number of rotatable bonds is 6. The topological polar surface area (TPSA) is 64.4 Å². The number of carboxylic acids is 1. The third kappa shape index (κ3) is 3.60. The van der Waals surface area contributed by atoms with Gasteiger partial charge in [0.15, 0.2) is 0 Å². The van der Waals surface area contributed by atoms with Gasteiger partial charge in [0.1, 0.15) is 24.7 Å². The summed E-state index contributed by atoms with van der Waals surface area (Å²) in [7, 11) is 0. The molecule has 0 radical (unpaired) electrons. The number of benzene rings is 3. The number of aliphatic carboxylic acids is 1. The molecule has 4 aromatic rings. The SMILES string of the molecule is Cc1cccc(OCc2ccccc2-c2nc3ccccc3n2CC(=O)O)c1. The number of hydrogen-bond acceptors (Lipinski definition) is 3. The van der Waals surface area contributed by atoms with E-state index in [2.05, 4.69) is 0 Å². The van der Waals surface area contributed by atoms with Crippen LogP contribution in [0, 0.1) is 6.92 Å². The maximum atomic E-state index is 11.4. The van der Waals surface area contributed by atoms with Crippen molar-refractivity contribution in [3.63, 3.8) is 0 Å². The molecule has 0 unspecified atom stereocenters. The molecule has 5 nitrogen and oxygen atoms in total. The second-order valence-electron chi connectivity index (χ2n) is 6.67. The predicted molar refractivity (Wildman–Crippen MR) is 108 cm³/mol. The van der Waals surface area contributed by atoms with Gasteiger partial charge in [0.25, 0.3) is 0 Å². The number of para-hydroxylation sites is 2. The lowest BCUT2D eigenvalue weighted by atomic mass is 10.1. The highest BCUT2D eigenvalue weighted by Crippen LogP contribution is 2.28. The number of ether oxygens (including phenoxy) is 1. The average Bonchev–Trinajstić information content (AvgIpc) is 3.04. The van der Waals surface area contributed by atoms with E-state index in [9.17, 15) is 9.90 Å². The molecule has 28 heavy (non-hydrogen) atoms. The van der Waals surface area contributed by atoms with Gasteiger partial charge in [-0.05, 0) is 36.8 Å². The van der Waals surface area contributed by atoms with Crippen molar-refractivity contribution in [2.24, 2.45) is 0 Å². The van der Waals surface area contributed by atoms with Crippen molar-refractivity contribution >= 4 is 17.0 Å². The molecule has 0 amide bonds. The number of imidazole rings is 1. The maximum absolute atomic E-state index is 11.4. The number of hydrogen-bond donors (Lipinski definition) is 1. The normalized spacial score (nSPS) is 10.9. The van der Waals surface area contributed by atoms with Crippen LogP contribution >= 0.6 is 0 Å². The van der Waals surface area contributed by atoms with Crippen LogP contribution in [0.1, 0.15) is 11.1 Å².